The third-order valence-corrected chi connectivity index (χ3v) is 3.66. The molecule has 0 saturated heterocycles. The second-order valence-electron chi connectivity index (χ2n) is 4.80. The van der Waals surface area contributed by atoms with E-state index < -0.39 is 10.0 Å². The minimum absolute atomic E-state index is 0.128. The Labute approximate surface area is 131 Å². The minimum atomic E-state index is -3.34. The molecule has 0 aromatic heterocycles. The zero-order valence-electron chi connectivity index (χ0n) is 12.2. The fraction of sp³-hybridized carbons (Fsp3) is 0.538. The van der Waals surface area contributed by atoms with E-state index in [-0.39, 0.29) is 6.04 Å². The van der Waals surface area contributed by atoms with Crippen LogP contribution in [0.2, 0.25) is 5.02 Å². The standard InChI is InChI=1S/C13H22ClN3O3S/c1-20-9-11(4-3-7-15)16-10-5-6-13(12(14)8-10)17-21(2,18)19/h5-6,8,11,16-17H,3-4,7,9,15H2,1-2H3. The van der Waals surface area contributed by atoms with E-state index in [0.717, 1.165) is 24.8 Å². The van der Waals surface area contributed by atoms with Crippen molar-refractivity contribution in [3.8, 4) is 0 Å². The molecule has 0 bridgehead atoms. The Kier molecular flexibility index (Phi) is 7.24. The van der Waals surface area contributed by atoms with Crippen LogP contribution < -0.4 is 15.8 Å². The highest BCUT2D eigenvalue weighted by Gasteiger charge is 2.11. The molecule has 0 saturated carbocycles. The van der Waals surface area contributed by atoms with Crippen LogP contribution in [-0.4, -0.2) is 41.0 Å². The summed E-state index contributed by atoms with van der Waals surface area (Å²) in [4.78, 5) is 0. The number of hydrogen-bond donors (Lipinski definition) is 3. The molecule has 0 aliphatic carbocycles. The lowest BCUT2D eigenvalue weighted by Crippen LogP contribution is -2.25. The van der Waals surface area contributed by atoms with Gasteiger partial charge in [0.25, 0.3) is 0 Å². The van der Waals surface area contributed by atoms with Gasteiger partial charge < -0.3 is 15.8 Å². The number of halogens is 1. The molecule has 0 heterocycles. The van der Waals surface area contributed by atoms with Crippen LogP contribution in [0.1, 0.15) is 12.8 Å². The molecule has 1 unspecified atom stereocenters. The largest absolute Gasteiger partial charge is 0.383 e. The maximum atomic E-state index is 11.2. The molecule has 8 heteroatoms. The third-order valence-electron chi connectivity index (χ3n) is 2.76. The number of nitrogens with one attached hydrogen (secondary N) is 2. The summed E-state index contributed by atoms with van der Waals surface area (Å²) >= 11 is 6.08. The quantitative estimate of drug-likeness (QED) is 0.640. The van der Waals surface area contributed by atoms with Crippen molar-refractivity contribution in [2.24, 2.45) is 5.73 Å². The first kappa shape index (κ1) is 18.0. The number of rotatable bonds is 9. The lowest BCUT2D eigenvalue weighted by atomic mass is 10.1. The molecular formula is C13H22ClN3O3S. The van der Waals surface area contributed by atoms with Crippen LogP contribution in [0.15, 0.2) is 18.2 Å². The highest BCUT2D eigenvalue weighted by atomic mass is 35.5. The zero-order valence-corrected chi connectivity index (χ0v) is 13.8. The smallest absolute Gasteiger partial charge is 0.229 e. The second-order valence-corrected chi connectivity index (χ2v) is 6.95. The lowest BCUT2D eigenvalue weighted by molar-refractivity contribution is 0.182. The van der Waals surface area contributed by atoms with Crippen molar-refractivity contribution in [2.75, 3.05) is 36.6 Å². The molecule has 21 heavy (non-hydrogen) atoms. The van der Waals surface area contributed by atoms with Crippen molar-refractivity contribution in [2.45, 2.75) is 18.9 Å². The van der Waals surface area contributed by atoms with Gasteiger partial charge in [0.15, 0.2) is 0 Å². The van der Waals surface area contributed by atoms with Crippen molar-refractivity contribution in [1.82, 2.24) is 0 Å². The molecule has 1 rings (SSSR count). The summed E-state index contributed by atoms with van der Waals surface area (Å²) in [5.41, 5.74) is 6.67. The zero-order chi connectivity index (χ0) is 15.9. The molecule has 1 aromatic carbocycles. The van der Waals surface area contributed by atoms with Gasteiger partial charge in [-0.2, -0.15) is 0 Å². The van der Waals surface area contributed by atoms with Crippen LogP contribution in [-0.2, 0) is 14.8 Å². The van der Waals surface area contributed by atoms with Gasteiger partial charge in [-0.25, -0.2) is 8.42 Å². The van der Waals surface area contributed by atoms with Gasteiger partial charge in [0, 0.05) is 18.8 Å². The maximum absolute atomic E-state index is 11.2. The van der Waals surface area contributed by atoms with Crippen LogP contribution in [0.25, 0.3) is 0 Å². The van der Waals surface area contributed by atoms with Gasteiger partial charge in [-0.1, -0.05) is 11.6 Å². The number of sulfonamides is 1. The molecule has 4 N–H and O–H groups in total. The molecule has 0 fully saturated rings. The molecule has 0 amide bonds. The fourth-order valence-electron chi connectivity index (χ4n) is 1.89. The number of nitrogens with two attached hydrogens (primary N) is 1. The Bertz CT molecular complexity index is 552. The number of methoxy groups -OCH3 is 1. The third kappa shape index (κ3) is 6.99. The molecule has 0 radical (unpaired) electrons. The topological polar surface area (TPSA) is 93.4 Å². The number of anilines is 2. The monoisotopic (exact) mass is 335 g/mol. The summed E-state index contributed by atoms with van der Waals surface area (Å²) in [6.45, 7) is 1.18. The van der Waals surface area contributed by atoms with Gasteiger partial charge in [-0.3, -0.25) is 4.72 Å². The van der Waals surface area contributed by atoms with Gasteiger partial charge in [0.05, 0.1) is 23.6 Å². The Morgan fingerprint density at radius 1 is 1.43 bits per heavy atom. The van der Waals surface area contributed by atoms with Crippen LogP contribution in [0.5, 0.6) is 0 Å². The van der Waals surface area contributed by atoms with E-state index >= 15 is 0 Å². The van der Waals surface area contributed by atoms with Gasteiger partial charge in [-0.05, 0) is 37.6 Å². The predicted molar refractivity (Wildman–Crippen MR) is 87.5 cm³/mol. The summed E-state index contributed by atoms with van der Waals surface area (Å²) < 4.78 is 29.9. The highest BCUT2D eigenvalue weighted by molar-refractivity contribution is 7.92. The van der Waals surface area contributed by atoms with E-state index in [1.165, 1.54) is 0 Å². The first-order chi connectivity index (χ1) is 9.85. The molecule has 0 aliphatic rings. The van der Waals surface area contributed by atoms with E-state index in [9.17, 15) is 8.42 Å². The van der Waals surface area contributed by atoms with E-state index in [4.69, 9.17) is 22.1 Å². The van der Waals surface area contributed by atoms with E-state index in [2.05, 4.69) is 10.0 Å². The summed E-state index contributed by atoms with van der Waals surface area (Å²) in [6.07, 6.45) is 2.85. The molecule has 6 nitrogen and oxygen atoms in total. The van der Waals surface area contributed by atoms with Crippen molar-refractivity contribution in [3.63, 3.8) is 0 Å². The highest BCUT2D eigenvalue weighted by Crippen LogP contribution is 2.26. The summed E-state index contributed by atoms with van der Waals surface area (Å²) in [6, 6.07) is 5.20. The number of benzene rings is 1. The second kappa shape index (κ2) is 8.43. The van der Waals surface area contributed by atoms with E-state index in [1.54, 1.807) is 25.3 Å². The Balaban J connectivity index is 2.77. The van der Waals surface area contributed by atoms with Crippen molar-refractivity contribution in [3.05, 3.63) is 23.2 Å². The van der Waals surface area contributed by atoms with Crippen LogP contribution in [0, 0.1) is 0 Å². The Morgan fingerprint density at radius 3 is 2.67 bits per heavy atom. The Hall–Kier alpha value is -1.02. The summed E-state index contributed by atoms with van der Waals surface area (Å²) in [5, 5.41) is 3.64. The van der Waals surface area contributed by atoms with Gasteiger partial charge >= 0.3 is 0 Å². The lowest BCUT2D eigenvalue weighted by Gasteiger charge is -2.19. The minimum Gasteiger partial charge on any atom is -0.383 e. The Morgan fingerprint density at radius 2 is 2.14 bits per heavy atom. The van der Waals surface area contributed by atoms with Gasteiger partial charge in [0.1, 0.15) is 0 Å². The number of ether oxygens (including phenoxy) is 1. The first-order valence-corrected chi connectivity index (χ1v) is 8.85. The first-order valence-electron chi connectivity index (χ1n) is 6.58. The van der Waals surface area contributed by atoms with Gasteiger partial charge in [0.2, 0.25) is 10.0 Å². The van der Waals surface area contributed by atoms with Crippen molar-refractivity contribution >= 4 is 33.0 Å². The maximum Gasteiger partial charge on any atom is 0.229 e. The van der Waals surface area contributed by atoms with E-state index in [1.807, 2.05) is 0 Å². The molecule has 1 atom stereocenters. The predicted octanol–water partition coefficient (Wildman–Crippen LogP) is 1.88. The molecule has 0 aliphatic heterocycles. The fourth-order valence-corrected chi connectivity index (χ4v) is 2.75. The number of hydrogen-bond acceptors (Lipinski definition) is 5. The normalized spacial score (nSPS) is 13.0. The van der Waals surface area contributed by atoms with Crippen molar-refractivity contribution in [1.29, 1.82) is 0 Å². The summed E-state index contributed by atoms with van der Waals surface area (Å²) in [7, 11) is -1.70. The SMILES string of the molecule is COCC(CCCN)Nc1ccc(NS(C)(=O)=O)c(Cl)c1. The summed E-state index contributed by atoms with van der Waals surface area (Å²) in [5.74, 6) is 0. The van der Waals surface area contributed by atoms with Crippen LogP contribution >= 0.6 is 11.6 Å². The molecular weight excluding hydrogens is 314 g/mol. The van der Waals surface area contributed by atoms with Crippen LogP contribution in [0.4, 0.5) is 11.4 Å². The molecule has 0 spiro atoms. The van der Waals surface area contributed by atoms with E-state index in [0.29, 0.717) is 23.9 Å². The van der Waals surface area contributed by atoms with Crippen LogP contribution in [0.3, 0.4) is 0 Å². The van der Waals surface area contributed by atoms with Gasteiger partial charge in [-0.15, -0.1) is 0 Å². The molecule has 1 aromatic rings. The average molecular weight is 336 g/mol. The van der Waals surface area contributed by atoms with Crippen molar-refractivity contribution < 1.29 is 13.2 Å². The molecule has 120 valence electrons. The average Bonchev–Trinajstić information content (AvgIpc) is 2.38.